The zero-order chi connectivity index (χ0) is 15.4. The van der Waals surface area contributed by atoms with E-state index in [2.05, 4.69) is 4.99 Å². The summed E-state index contributed by atoms with van der Waals surface area (Å²) in [5, 5.41) is 0. The van der Waals surface area contributed by atoms with Crippen LogP contribution < -0.4 is 9.47 Å². The molecule has 1 heterocycles. The molecule has 2 aliphatic rings. The smallest absolute Gasteiger partial charge is 0.235 e. The van der Waals surface area contributed by atoms with E-state index >= 15 is 0 Å². The van der Waals surface area contributed by atoms with Gasteiger partial charge in [0.1, 0.15) is 6.10 Å². The van der Waals surface area contributed by atoms with Crippen molar-refractivity contribution in [2.24, 2.45) is 4.99 Å². The third-order valence-electron chi connectivity index (χ3n) is 4.57. The number of methoxy groups -OCH3 is 1. The van der Waals surface area contributed by atoms with Crippen molar-refractivity contribution >= 4 is 17.8 Å². The second-order valence-corrected chi connectivity index (χ2v) is 7.06. The van der Waals surface area contributed by atoms with Crippen molar-refractivity contribution in [3.63, 3.8) is 0 Å². The van der Waals surface area contributed by atoms with Gasteiger partial charge in [-0.2, -0.15) is 16.8 Å². The molecule has 1 saturated carbocycles. The normalized spacial score (nSPS) is 23.0. The number of hydrogen-bond donors (Lipinski definition) is 0. The van der Waals surface area contributed by atoms with Crippen LogP contribution in [0.4, 0.5) is 0 Å². The molecule has 0 amide bonds. The molecule has 0 aromatic heterocycles. The van der Waals surface area contributed by atoms with E-state index in [-0.39, 0.29) is 6.10 Å². The van der Waals surface area contributed by atoms with Crippen LogP contribution in [-0.2, 0) is 10.3 Å². The number of benzene rings is 1. The lowest BCUT2D eigenvalue weighted by Crippen LogP contribution is -2.19. The molecule has 5 heteroatoms. The summed E-state index contributed by atoms with van der Waals surface area (Å²) in [4.78, 5) is 15.0. The third-order valence-corrected chi connectivity index (χ3v) is 5.70. The molecule has 1 unspecified atom stereocenters. The maximum Gasteiger partial charge on any atom is 0.235 e. The number of nitrogens with zero attached hydrogens (tertiary/aromatic N) is 1. The molecule has 1 aliphatic heterocycles. The van der Waals surface area contributed by atoms with Crippen molar-refractivity contribution in [1.82, 2.24) is 0 Å². The van der Waals surface area contributed by atoms with Crippen LogP contribution in [0.25, 0.3) is 0 Å². The minimum atomic E-state index is -0.420. The highest BCUT2D eigenvalue weighted by molar-refractivity contribution is 7.99. The Morgan fingerprint density at radius 1 is 1.32 bits per heavy atom. The second-order valence-electron chi connectivity index (χ2n) is 5.91. The Morgan fingerprint density at radius 3 is 2.77 bits per heavy atom. The number of carbonyl (C=O) groups excluding carboxylic acids is 1. The quantitative estimate of drug-likeness (QED) is 0.613. The molecular formula is C17H21NO3S. The number of rotatable bonds is 5. The fourth-order valence-electron chi connectivity index (χ4n) is 3.35. The average Bonchev–Trinajstić information content (AvgIpc) is 3.20. The molecule has 118 valence electrons. The molecule has 0 N–H and O–H groups in total. The van der Waals surface area contributed by atoms with Gasteiger partial charge in [0.25, 0.3) is 0 Å². The molecule has 22 heavy (non-hydrogen) atoms. The average molecular weight is 319 g/mol. The van der Waals surface area contributed by atoms with Crippen LogP contribution in [0, 0.1) is 0 Å². The van der Waals surface area contributed by atoms with E-state index in [0.717, 1.165) is 60.7 Å². The number of thioether (sulfide) groups is 1. The molecule has 1 saturated heterocycles. The SMILES string of the molecule is COc1cc(C2(N=C=O)CCCC2)ccc1OC1CCSC1. The first-order valence-corrected chi connectivity index (χ1v) is 8.95. The predicted molar refractivity (Wildman–Crippen MR) is 87.6 cm³/mol. The third kappa shape index (κ3) is 3.01. The molecule has 0 bridgehead atoms. The van der Waals surface area contributed by atoms with Crippen LogP contribution >= 0.6 is 11.8 Å². The highest BCUT2D eigenvalue weighted by Crippen LogP contribution is 2.44. The Bertz CT molecular complexity index is 571. The molecule has 1 atom stereocenters. The molecule has 0 spiro atoms. The predicted octanol–water partition coefficient (Wildman–Crippen LogP) is 3.68. The fourth-order valence-corrected chi connectivity index (χ4v) is 4.45. The van der Waals surface area contributed by atoms with E-state index in [9.17, 15) is 4.79 Å². The van der Waals surface area contributed by atoms with E-state index in [4.69, 9.17) is 9.47 Å². The molecule has 4 nitrogen and oxygen atoms in total. The first kappa shape index (κ1) is 15.4. The second kappa shape index (κ2) is 6.76. The molecule has 1 aromatic rings. The van der Waals surface area contributed by atoms with Gasteiger partial charge in [-0.15, -0.1) is 0 Å². The van der Waals surface area contributed by atoms with E-state index in [0.29, 0.717) is 0 Å². The largest absolute Gasteiger partial charge is 0.493 e. The molecule has 1 aromatic carbocycles. The van der Waals surface area contributed by atoms with Crippen molar-refractivity contribution < 1.29 is 14.3 Å². The van der Waals surface area contributed by atoms with Gasteiger partial charge < -0.3 is 9.47 Å². The van der Waals surface area contributed by atoms with Crippen molar-refractivity contribution in [2.75, 3.05) is 18.6 Å². The molecule has 1 aliphatic carbocycles. The van der Waals surface area contributed by atoms with E-state index in [1.165, 1.54) is 0 Å². The highest BCUT2D eigenvalue weighted by atomic mass is 32.2. The summed E-state index contributed by atoms with van der Waals surface area (Å²) in [7, 11) is 1.65. The highest BCUT2D eigenvalue weighted by Gasteiger charge is 2.36. The van der Waals surface area contributed by atoms with Crippen LogP contribution in [0.3, 0.4) is 0 Å². The summed E-state index contributed by atoms with van der Waals surface area (Å²) in [6.45, 7) is 0. The summed E-state index contributed by atoms with van der Waals surface area (Å²) >= 11 is 1.92. The van der Waals surface area contributed by atoms with Gasteiger partial charge in [-0.25, -0.2) is 4.79 Å². The lowest BCUT2D eigenvalue weighted by Gasteiger charge is -2.24. The van der Waals surface area contributed by atoms with Gasteiger partial charge in [-0.05, 0) is 42.7 Å². The summed E-state index contributed by atoms with van der Waals surface area (Å²) in [6.07, 6.45) is 7.06. The van der Waals surface area contributed by atoms with E-state index in [1.54, 1.807) is 13.2 Å². The van der Waals surface area contributed by atoms with E-state index in [1.807, 2.05) is 30.0 Å². The minimum Gasteiger partial charge on any atom is -0.493 e. The summed E-state index contributed by atoms with van der Waals surface area (Å²) in [5.41, 5.74) is 0.606. The monoisotopic (exact) mass is 319 g/mol. The van der Waals surface area contributed by atoms with Crippen LogP contribution in [0.15, 0.2) is 23.2 Å². The van der Waals surface area contributed by atoms with Crippen LogP contribution in [0.1, 0.15) is 37.7 Å². The number of hydrogen-bond acceptors (Lipinski definition) is 5. The number of ether oxygens (including phenoxy) is 2. The van der Waals surface area contributed by atoms with Crippen molar-refractivity contribution in [3.8, 4) is 11.5 Å². The zero-order valence-corrected chi connectivity index (χ0v) is 13.7. The van der Waals surface area contributed by atoms with Gasteiger partial charge in [-0.1, -0.05) is 18.9 Å². The van der Waals surface area contributed by atoms with Crippen molar-refractivity contribution in [3.05, 3.63) is 23.8 Å². The first-order chi connectivity index (χ1) is 10.8. The van der Waals surface area contributed by atoms with Gasteiger partial charge >= 0.3 is 0 Å². The Morgan fingerprint density at radius 2 is 2.14 bits per heavy atom. The molecule has 0 radical (unpaired) electrons. The standard InChI is InChI=1S/C17H21NO3S/c1-20-16-10-13(17(18-12-19)7-2-3-8-17)4-5-15(16)21-14-6-9-22-11-14/h4-5,10,14H,2-3,6-9,11H2,1H3. The minimum absolute atomic E-state index is 0.262. The number of aliphatic imine (C=N–C) groups is 1. The van der Waals surface area contributed by atoms with Crippen molar-refractivity contribution in [1.29, 1.82) is 0 Å². The summed E-state index contributed by atoms with van der Waals surface area (Å²) in [6, 6.07) is 5.95. The van der Waals surface area contributed by atoms with Gasteiger partial charge in [0, 0.05) is 5.75 Å². The van der Waals surface area contributed by atoms with Gasteiger partial charge in [0.2, 0.25) is 6.08 Å². The van der Waals surface area contributed by atoms with E-state index < -0.39 is 5.54 Å². The topological polar surface area (TPSA) is 47.9 Å². The summed E-state index contributed by atoms with van der Waals surface area (Å²) in [5.74, 6) is 3.69. The van der Waals surface area contributed by atoms with Crippen molar-refractivity contribution in [2.45, 2.75) is 43.7 Å². The fraction of sp³-hybridized carbons (Fsp3) is 0.588. The van der Waals surface area contributed by atoms with Crippen LogP contribution in [-0.4, -0.2) is 30.8 Å². The zero-order valence-electron chi connectivity index (χ0n) is 12.8. The lowest BCUT2D eigenvalue weighted by molar-refractivity contribution is 0.218. The van der Waals surface area contributed by atoms with Gasteiger partial charge in [0.05, 0.1) is 12.6 Å². The van der Waals surface area contributed by atoms with Crippen LogP contribution in [0.5, 0.6) is 11.5 Å². The Hall–Kier alpha value is -1.45. The Kier molecular flexibility index (Phi) is 4.74. The lowest BCUT2D eigenvalue weighted by atomic mass is 9.88. The first-order valence-electron chi connectivity index (χ1n) is 7.79. The van der Waals surface area contributed by atoms with Crippen LogP contribution in [0.2, 0.25) is 0 Å². The van der Waals surface area contributed by atoms with Gasteiger partial charge in [0.15, 0.2) is 11.5 Å². The Balaban J connectivity index is 1.88. The molecule has 3 rings (SSSR count). The maximum atomic E-state index is 10.8. The van der Waals surface area contributed by atoms with Gasteiger partial charge in [-0.3, -0.25) is 0 Å². The number of isocyanates is 1. The Labute approximate surface area is 135 Å². The molecule has 2 fully saturated rings. The summed E-state index contributed by atoms with van der Waals surface area (Å²) < 4.78 is 11.6. The molecular weight excluding hydrogens is 298 g/mol. The maximum absolute atomic E-state index is 10.8.